The molecule has 0 saturated carbocycles. The van der Waals surface area contributed by atoms with Gasteiger partial charge < -0.3 is 14.5 Å². The highest BCUT2D eigenvalue weighted by atomic mass is 19.1. The minimum atomic E-state index is -0.468. The van der Waals surface area contributed by atoms with E-state index in [1.54, 1.807) is 31.5 Å². The molecule has 0 aliphatic heterocycles. The number of amides is 1. The minimum absolute atomic E-state index is 0.108. The number of carbonyl (C=O) groups is 1. The Balaban J connectivity index is 1.74. The molecule has 5 nitrogen and oxygen atoms in total. The summed E-state index contributed by atoms with van der Waals surface area (Å²) in [5, 5.41) is 2.68. The minimum Gasteiger partial charge on any atom is -0.496 e. The van der Waals surface area contributed by atoms with Crippen LogP contribution in [0.2, 0.25) is 0 Å². The zero-order valence-corrected chi connectivity index (χ0v) is 16.8. The second-order valence-electron chi connectivity index (χ2n) is 7.14. The molecule has 0 aliphatic rings. The third kappa shape index (κ3) is 3.89. The van der Waals surface area contributed by atoms with Gasteiger partial charge in [0, 0.05) is 30.3 Å². The Morgan fingerprint density at radius 1 is 1.17 bits per heavy atom. The van der Waals surface area contributed by atoms with Gasteiger partial charge in [-0.05, 0) is 42.8 Å². The predicted molar refractivity (Wildman–Crippen MR) is 114 cm³/mol. The lowest BCUT2D eigenvalue weighted by Crippen LogP contribution is -2.18. The number of aryl methyl sites for hydroxylation is 1. The zero-order chi connectivity index (χ0) is 21.1. The molecule has 0 aliphatic carbocycles. The average molecular weight is 403 g/mol. The van der Waals surface area contributed by atoms with Gasteiger partial charge in [0.05, 0.1) is 18.5 Å². The van der Waals surface area contributed by atoms with E-state index in [-0.39, 0.29) is 23.9 Å². The van der Waals surface area contributed by atoms with Gasteiger partial charge in [-0.1, -0.05) is 30.3 Å². The van der Waals surface area contributed by atoms with Crippen LogP contribution in [0.3, 0.4) is 0 Å². The van der Waals surface area contributed by atoms with E-state index >= 15 is 0 Å². The number of para-hydroxylation sites is 2. The number of aromatic nitrogens is 2. The van der Waals surface area contributed by atoms with E-state index in [1.165, 1.54) is 6.07 Å². The highest BCUT2D eigenvalue weighted by Gasteiger charge is 2.25. The largest absolute Gasteiger partial charge is 0.496 e. The lowest BCUT2D eigenvalue weighted by Gasteiger charge is -2.20. The number of hydrogen-bond donors (Lipinski definition) is 1. The van der Waals surface area contributed by atoms with E-state index in [0.29, 0.717) is 5.75 Å². The molecule has 1 unspecified atom stereocenters. The molecule has 6 heteroatoms. The number of rotatable bonds is 6. The van der Waals surface area contributed by atoms with E-state index in [2.05, 4.69) is 10.3 Å². The third-order valence-corrected chi connectivity index (χ3v) is 5.11. The molecule has 2 aromatic carbocycles. The molecule has 30 heavy (non-hydrogen) atoms. The molecule has 0 saturated heterocycles. The first kappa shape index (κ1) is 19.6. The van der Waals surface area contributed by atoms with Crippen molar-refractivity contribution in [2.45, 2.75) is 19.3 Å². The number of benzene rings is 2. The number of pyridine rings is 1. The first-order valence-corrected chi connectivity index (χ1v) is 9.67. The summed E-state index contributed by atoms with van der Waals surface area (Å²) in [5.41, 5.74) is 3.80. The lowest BCUT2D eigenvalue weighted by atomic mass is 9.91. The van der Waals surface area contributed by atoms with Crippen LogP contribution in [0.1, 0.15) is 29.2 Å². The summed E-state index contributed by atoms with van der Waals surface area (Å²) in [6.07, 6.45) is 3.84. The molecule has 2 aromatic heterocycles. The molecule has 0 fully saturated rings. The van der Waals surface area contributed by atoms with E-state index in [4.69, 9.17) is 4.74 Å². The second-order valence-corrected chi connectivity index (χ2v) is 7.14. The van der Waals surface area contributed by atoms with Crippen molar-refractivity contribution in [3.8, 4) is 5.75 Å². The summed E-state index contributed by atoms with van der Waals surface area (Å²) in [7, 11) is 1.60. The van der Waals surface area contributed by atoms with Crippen LogP contribution in [-0.2, 0) is 4.79 Å². The van der Waals surface area contributed by atoms with Gasteiger partial charge in [0.25, 0.3) is 0 Å². The Kier molecular flexibility index (Phi) is 5.48. The number of nitrogens with zero attached hydrogens (tertiary/aromatic N) is 2. The fourth-order valence-electron chi connectivity index (χ4n) is 3.64. The third-order valence-electron chi connectivity index (χ3n) is 5.11. The summed E-state index contributed by atoms with van der Waals surface area (Å²) >= 11 is 0. The summed E-state index contributed by atoms with van der Waals surface area (Å²) in [6, 6.07) is 17.7. The molecule has 1 N–H and O–H groups in total. The van der Waals surface area contributed by atoms with Crippen LogP contribution >= 0.6 is 0 Å². The van der Waals surface area contributed by atoms with Gasteiger partial charge in [-0.3, -0.25) is 4.79 Å². The highest BCUT2D eigenvalue weighted by Crippen LogP contribution is 2.35. The second kappa shape index (κ2) is 8.37. The fraction of sp³-hybridized carbons (Fsp3) is 0.167. The molecule has 1 amide bonds. The Hall–Kier alpha value is -3.67. The van der Waals surface area contributed by atoms with E-state index in [0.717, 1.165) is 22.5 Å². The van der Waals surface area contributed by atoms with E-state index in [9.17, 15) is 9.18 Å². The summed E-state index contributed by atoms with van der Waals surface area (Å²) in [6.45, 7) is 2.01. The van der Waals surface area contributed by atoms with Gasteiger partial charge in [-0.25, -0.2) is 9.37 Å². The van der Waals surface area contributed by atoms with Gasteiger partial charge in [-0.15, -0.1) is 0 Å². The topological polar surface area (TPSA) is 55.6 Å². The lowest BCUT2D eigenvalue weighted by molar-refractivity contribution is -0.116. The number of carbonyl (C=O) groups excluding carboxylic acids is 1. The van der Waals surface area contributed by atoms with Crippen molar-refractivity contribution in [2.75, 3.05) is 12.4 Å². The van der Waals surface area contributed by atoms with E-state index in [1.807, 2.05) is 53.9 Å². The van der Waals surface area contributed by atoms with Crippen LogP contribution in [0.15, 0.2) is 73.1 Å². The maximum atomic E-state index is 14.0. The molecule has 152 valence electrons. The SMILES string of the molecule is COc1ccccc1C(CC(=O)Nc1ccccc1F)c1cnc2cc(C)ccn12. The molecule has 0 radical (unpaired) electrons. The van der Waals surface area contributed by atoms with Crippen molar-refractivity contribution >= 4 is 17.2 Å². The van der Waals surface area contributed by atoms with Crippen molar-refractivity contribution in [1.82, 2.24) is 9.38 Å². The molecule has 1 atom stereocenters. The van der Waals surface area contributed by atoms with Crippen molar-refractivity contribution in [3.63, 3.8) is 0 Å². The van der Waals surface area contributed by atoms with Crippen molar-refractivity contribution < 1.29 is 13.9 Å². The fourth-order valence-corrected chi connectivity index (χ4v) is 3.64. The zero-order valence-electron chi connectivity index (χ0n) is 16.8. The first-order chi connectivity index (χ1) is 14.6. The Morgan fingerprint density at radius 2 is 1.93 bits per heavy atom. The van der Waals surface area contributed by atoms with Crippen LogP contribution in [0.4, 0.5) is 10.1 Å². The van der Waals surface area contributed by atoms with Crippen LogP contribution in [0.25, 0.3) is 5.65 Å². The average Bonchev–Trinajstić information content (AvgIpc) is 3.16. The standard InChI is InChI=1S/C24H22FN3O2/c1-16-11-12-28-21(15-26-23(28)13-16)18(17-7-3-6-10-22(17)30-2)14-24(29)27-20-9-5-4-8-19(20)25/h3-13,15,18H,14H2,1-2H3,(H,27,29). The predicted octanol–water partition coefficient (Wildman–Crippen LogP) is 4.95. The molecule has 4 rings (SSSR count). The number of hydrogen-bond acceptors (Lipinski definition) is 3. The molecule has 2 heterocycles. The molecular weight excluding hydrogens is 381 g/mol. The summed E-state index contributed by atoms with van der Waals surface area (Å²) < 4.78 is 21.5. The monoisotopic (exact) mass is 403 g/mol. The van der Waals surface area contributed by atoms with Gasteiger partial charge in [0.15, 0.2) is 0 Å². The molecule has 4 aromatic rings. The van der Waals surface area contributed by atoms with Crippen LogP contribution in [0.5, 0.6) is 5.75 Å². The number of ether oxygens (including phenoxy) is 1. The Morgan fingerprint density at radius 3 is 2.73 bits per heavy atom. The molecular formula is C24H22FN3O2. The Bertz CT molecular complexity index is 1200. The van der Waals surface area contributed by atoms with Crippen LogP contribution in [0, 0.1) is 12.7 Å². The number of methoxy groups -OCH3 is 1. The number of imidazole rings is 1. The first-order valence-electron chi connectivity index (χ1n) is 9.67. The normalized spacial score (nSPS) is 12.0. The summed E-state index contributed by atoms with van der Waals surface area (Å²) in [5.74, 6) is -0.406. The van der Waals surface area contributed by atoms with Gasteiger partial charge in [-0.2, -0.15) is 0 Å². The number of halogens is 1. The summed E-state index contributed by atoms with van der Waals surface area (Å²) in [4.78, 5) is 17.4. The number of nitrogens with one attached hydrogen (secondary N) is 1. The highest BCUT2D eigenvalue weighted by molar-refractivity contribution is 5.91. The maximum absolute atomic E-state index is 14.0. The van der Waals surface area contributed by atoms with Crippen LogP contribution in [-0.4, -0.2) is 22.4 Å². The van der Waals surface area contributed by atoms with Crippen molar-refractivity contribution in [2.24, 2.45) is 0 Å². The van der Waals surface area contributed by atoms with Gasteiger partial charge in [0.1, 0.15) is 17.2 Å². The Labute approximate surface area is 174 Å². The van der Waals surface area contributed by atoms with Crippen LogP contribution < -0.4 is 10.1 Å². The smallest absolute Gasteiger partial charge is 0.225 e. The quantitative estimate of drug-likeness (QED) is 0.496. The number of fused-ring (bicyclic) bond motifs is 1. The maximum Gasteiger partial charge on any atom is 0.225 e. The van der Waals surface area contributed by atoms with Gasteiger partial charge >= 0.3 is 0 Å². The van der Waals surface area contributed by atoms with Crippen molar-refractivity contribution in [1.29, 1.82) is 0 Å². The molecule has 0 spiro atoms. The number of anilines is 1. The molecule has 0 bridgehead atoms. The van der Waals surface area contributed by atoms with Crippen molar-refractivity contribution in [3.05, 3.63) is 95.7 Å². The van der Waals surface area contributed by atoms with Gasteiger partial charge in [0.2, 0.25) is 5.91 Å². The van der Waals surface area contributed by atoms with E-state index < -0.39 is 5.82 Å².